The lowest BCUT2D eigenvalue weighted by Crippen LogP contribution is -2.52. The van der Waals surface area contributed by atoms with Gasteiger partial charge in [0.05, 0.1) is 0 Å². The van der Waals surface area contributed by atoms with Gasteiger partial charge in [-0.1, -0.05) is 44.5 Å². The van der Waals surface area contributed by atoms with Gasteiger partial charge in [-0.2, -0.15) is 0 Å². The Morgan fingerprint density at radius 2 is 2.06 bits per heavy atom. The maximum absolute atomic E-state index is 3.87. The van der Waals surface area contributed by atoms with Crippen LogP contribution in [-0.4, -0.2) is 6.54 Å². The number of rotatable bonds is 2. The highest BCUT2D eigenvalue weighted by Crippen LogP contribution is 2.52. The van der Waals surface area contributed by atoms with E-state index in [2.05, 4.69) is 43.4 Å². The zero-order valence-corrected chi connectivity index (χ0v) is 12.2. The molecule has 0 amide bonds. The molecule has 0 aliphatic heterocycles. The van der Waals surface area contributed by atoms with E-state index in [1.54, 1.807) is 11.1 Å². The standard InChI is InChI=1S/C16H23N.ClH/c1-3-17-16-12(2)7-6-9-14(16)11-13-8-4-5-10-15(13)16;/h4-5,8,10,12,14,17H,3,6-7,9,11H2,1-2H3;1H. The molecule has 1 N–H and O–H groups in total. The second kappa shape index (κ2) is 5.22. The van der Waals surface area contributed by atoms with Crippen LogP contribution >= 0.6 is 12.4 Å². The van der Waals surface area contributed by atoms with E-state index < -0.39 is 0 Å². The van der Waals surface area contributed by atoms with E-state index in [1.807, 2.05) is 0 Å². The third kappa shape index (κ3) is 1.80. The molecule has 1 aromatic rings. The summed E-state index contributed by atoms with van der Waals surface area (Å²) in [7, 11) is 0. The van der Waals surface area contributed by atoms with Crippen LogP contribution in [0.1, 0.15) is 44.2 Å². The van der Waals surface area contributed by atoms with Gasteiger partial charge >= 0.3 is 0 Å². The second-order valence-electron chi connectivity index (χ2n) is 5.79. The van der Waals surface area contributed by atoms with Gasteiger partial charge in [0, 0.05) is 5.54 Å². The van der Waals surface area contributed by atoms with E-state index in [0.29, 0.717) is 0 Å². The predicted molar refractivity (Wildman–Crippen MR) is 79.3 cm³/mol. The number of hydrogen-bond donors (Lipinski definition) is 1. The van der Waals surface area contributed by atoms with Crippen molar-refractivity contribution in [2.24, 2.45) is 11.8 Å². The smallest absolute Gasteiger partial charge is 0.0494 e. The van der Waals surface area contributed by atoms with Crippen molar-refractivity contribution in [3.05, 3.63) is 35.4 Å². The van der Waals surface area contributed by atoms with E-state index in [0.717, 1.165) is 18.4 Å². The Kier molecular flexibility index (Phi) is 4.03. The van der Waals surface area contributed by atoms with Crippen molar-refractivity contribution in [2.45, 2.75) is 45.1 Å². The first-order valence-corrected chi connectivity index (χ1v) is 7.12. The van der Waals surface area contributed by atoms with Crippen LogP contribution in [0.3, 0.4) is 0 Å². The van der Waals surface area contributed by atoms with Gasteiger partial charge in [0.25, 0.3) is 0 Å². The van der Waals surface area contributed by atoms with Crippen LogP contribution in [0.4, 0.5) is 0 Å². The fourth-order valence-corrected chi connectivity index (χ4v) is 4.35. The first-order valence-electron chi connectivity index (χ1n) is 7.12. The van der Waals surface area contributed by atoms with Crippen molar-refractivity contribution in [2.75, 3.05) is 6.54 Å². The molecule has 2 aliphatic carbocycles. The first kappa shape index (κ1) is 13.9. The number of fused-ring (bicyclic) bond motifs is 3. The maximum atomic E-state index is 3.87. The van der Waals surface area contributed by atoms with E-state index in [1.165, 1.54) is 25.7 Å². The van der Waals surface area contributed by atoms with E-state index in [4.69, 9.17) is 0 Å². The second-order valence-corrected chi connectivity index (χ2v) is 5.79. The minimum absolute atomic E-state index is 0. The average molecular weight is 266 g/mol. The van der Waals surface area contributed by atoms with Crippen molar-refractivity contribution in [1.29, 1.82) is 0 Å². The van der Waals surface area contributed by atoms with Crippen molar-refractivity contribution in [3.8, 4) is 0 Å². The molecular weight excluding hydrogens is 242 g/mol. The van der Waals surface area contributed by atoms with Crippen LogP contribution in [-0.2, 0) is 12.0 Å². The Hall–Kier alpha value is -0.530. The fraction of sp³-hybridized carbons (Fsp3) is 0.625. The lowest BCUT2D eigenvalue weighted by Gasteiger charge is -2.46. The lowest BCUT2D eigenvalue weighted by molar-refractivity contribution is 0.0964. The normalized spacial score (nSPS) is 33.4. The summed E-state index contributed by atoms with van der Waals surface area (Å²) < 4.78 is 0. The average Bonchev–Trinajstić information content (AvgIpc) is 2.66. The Morgan fingerprint density at radius 3 is 2.83 bits per heavy atom. The van der Waals surface area contributed by atoms with E-state index in [9.17, 15) is 0 Å². The molecule has 100 valence electrons. The molecule has 1 aromatic carbocycles. The Labute approximate surface area is 117 Å². The zero-order chi connectivity index (χ0) is 11.9. The molecule has 0 aromatic heterocycles. The highest BCUT2D eigenvalue weighted by Gasteiger charge is 2.50. The highest BCUT2D eigenvalue weighted by molar-refractivity contribution is 5.85. The third-order valence-corrected chi connectivity index (χ3v) is 5.01. The van der Waals surface area contributed by atoms with E-state index >= 15 is 0 Å². The Bertz CT molecular complexity index is 417. The lowest BCUT2D eigenvalue weighted by atomic mass is 9.66. The maximum Gasteiger partial charge on any atom is 0.0494 e. The fourth-order valence-electron chi connectivity index (χ4n) is 4.35. The van der Waals surface area contributed by atoms with Gasteiger partial charge < -0.3 is 5.32 Å². The number of benzene rings is 1. The topological polar surface area (TPSA) is 12.0 Å². The molecule has 1 nitrogen and oxygen atoms in total. The summed E-state index contributed by atoms with van der Waals surface area (Å²) in [4.78, 5) is 0. The number of hydrogen-bond acceptors (Lipinski definition) is 1. The molecule has 0 bridgehead atoms. The summed E-state index contributed by atoms with van der Waals surface area (Å²) in [6, 6.07) is 9.10. The van der Waals surface area contributed by atoms with Crippen LogP contribution in [0.25, 0.3) is 0 Å². The monoisotopic (exact) mass is 265 g/mol. The quantitative estimate of drug-likeness (QED) is 0.855. The van der Waals surface area contributed by atoms with Crippen LogP contribution in [0.2, 0.25) is 0 Å². The molecular formula is C16H24ClN. The van der Waals surface area contributed by atoms with Gasteiger partial charge in [-0.25, -0.2) is 0 Å². The molecule has 0 heterocycles. The van der Waals surface area contributed by atoms with E-state index in [-0.39, 0.29) is 17.9 Å². The van der Waals surface area contributed by atoms with Crippen molar-refractivity contribution < 1.29 is 0 Å². The van der Waals surface area contributed by atoms with Gasteiger partial charge in [0.2, 0.25) is 0 Å². The van der Waals surface area contributed by atoms with Crippen molar-refractivity contribution >= 4 is 12.4 Å². The summed E-state index contributed by atoms with van der Waals surface area (Å²) >= 11 is 0. The molecule has 2 heteroatoms. The summed E-state index contributed by atoms with van der Waals surface area (Å²) in [5, 5.41) is 3.87. The highest BCUT2D eigenvalue weighted by atomic mass is 35.5. The minimum atomic E-state index is 0. The number of nitrogens with one attached hydrogen (secondary N) is 1. The largest absolute Gasteiger partial charge is 0.307 e. The molecule has 18 heavy (non-hydrogen) atoms. The van der Waals surface area contributed by atoms with Gasteiger partial charge in [0.1, 0.15) is 0 Å². The molecule has 1 fully saturated rings. The molecule has 3 atom stereocenters. The van der Waals surface area contributed by atoms with Crippen LogP contribution in [0.15, 0.2) is 24.3 Å². The molecule has 0 saturated heterocycles. The van der Waals surface area contributed by atoms with Crippen LogP contribution < -0.4 is 5.32 Å². The van der Waals surface area contributed by atoms with Gasteiger partial charge in [-0.05, 0) is 48.8 Å². The van der Waals surface area contributed by atoms with Gasteiger partial charge in [-0.3, -0.25) is 0 Å². The first-order chi connectivity index (χ1) is 8.29. The zero-order valence-electron chi connectivity index (χ0n) is 11.4. The minimum Gasteiger partial charge on any atom is -0.307 e. The summed E-state index contributed by atoms with van der Waals surface area (Å²) in [5.74, 6) is 1.59. The molecule has 3 unspecified atom stereocenters. The molecule has 1 saturated carbocycles. The molecule has 0 spiro atoms. The number of halogens is 1. The summed E-state index contributed by atoms with van der Waals surface area (Å²) in [6.45, 7) is 5.76. The summed E-state index contributed by atoms with van der Waals surface area (Å²) in [6.07, 6.45) is 5.46. The van der Waals surface area contributed by atoms with Crippen LogP contribution in [0, 0.1) is 11.8 Å². The van der Waals surface area contributed by atoms with Crippen molar-refractivity contribution in [1.82, 2.24) is 5.32 Å². The molecule has 3 rings (SSSR count). The Balaban J connectivity index is 0.00000120. The Morgan fingerprint density at radius 1 is 1.28 bits per heavy atom. The summed E-state index contributed by atoms with van der Waals surface area (Å²) in [5.41, 5.74) is 3.47. The predicted octanol–water partition coefficient (Wildman–Crippen LogP) is 3.91. The SMILES string of the molecule is CCNC12c3ccccc3CC1CCCC2C.Cl. The van der Waals surface area contributed by atoms with Crippen molar-refractivity contribution in [3.63, 3.8) is 0 Å². The van der Waals surface area contributed by atoms with Gasteiger partial charge in [0.15, 0.2) is 0 Å². The third-order valence-electron chi connectivity index (χ3n) is 5.01. The van der Waals surface area contributed by atoms with Gasteiger partial charge in [-0.15, -0.1) is 12.4 Å². The molecule has 0 radical (unpaired) electrons. The van der Waals surface area contributed by atoms with Crippen LogP contribution in [0.5, 0.6) is 0 Å². The molecule has 2 aliphatic rings.